The lowest BCUT2D eigenvalue weighted by atomic mass is 10.2. The highest BCUT2D eigenvalue weighted by molar-refractivity contribution is 5.94. The molecule has 0 saturated carbocycles. The predicted octanol–water partition coefficient (Wildman–Crippen LogP) is 1.82. The summed E-state index contributed by atoms with van der Waals surface area (Å²) >= 11 is 0. The van der Waals surface area contributed by atoms with Gasteiger partial charge in [0.2, 0.25) is 0 Å². The molecule has 1 rings (SSSR count). The molecule has 0 aliphatic carbocycles. The van der Waals surface area contributed by atoms with Crippen LogP contribution < -0.4 is 0 Å². The maximum Gasteiger partial charge on any atom is 0.396 e. The first kappa shape index (κ1) is 11.7. The lowest BCUT2D eigenvalue weighted by Crippen LogP contribution is -2.18. The molecule has 0 radical (unpaired) electrons. The van der Waals surface area contributed by atoms with Crippen molar-refractivity contribution in [3.63, 3.8) is 0 Å². The van der Waals surface area contributed by atoms with E-state index in [1.165, 1.54) is 4.68 Å². The summed E-state index contributed by atoms with van der Waals surface area (Å²) < 4.78 is 37.0. The van der Waals surface area contributed by atoms with Crippen LogP contribution in [0.2, 0.25) is 0 Å². The Hall–Kier alpha value is -1.40. The number of hydrogen-bond acceptors (Lipinski definition) is 3. The molecule has 0 unspecified atom stereocenters. The van der Waals surface area contributed by atoms with E-state index in [1.54, 1.807) is 0 Å². The standard InChI is InChI=1S/C8H10F3N3O/c1-2-3-14-6(5-12-13-14)7(15)4-8(9,10)11/h5H,2-4H2,1H3. The summed E-state index contributed by atoms with van der Waals surface area (Å²) in [5, 5.41) is 6.95. The summed E-state index contributed by atoms with van der Waals surface area (Å²) in [5.41, 5.74) is -0.0887. The third-order valence-corrected chi connectivity index (χ3v) is 1.70. The molecule has 7 heteroatoms. The van der Waals surface area contributed by atoms with Crippen LogP contribution in [0.5, 0.6) is 0 Å². The molecule has 0 aromatic carbocycles. The fraction of sp³-hybridized carbons (Fsp3) is 0.625. The lowest BCUT2D eigenvalue weighted by molar-refractivity contribution is -0.125. The molecule has 0 spiro atoms. The van der Waals surface area contributed by atoms with E-state index in [2.05, 4.69) is 10.3 Å². The van der Waals surface area contributed by atoms with E-state index in [-0.39, 0.29) is 5.69 Å². The van der Waals surface area contributed by atoms with Crippen LogP contribution in [0.25, 0.3) is 0 Å². The first-order chi connectivity index (χ1) is 6.94. The van der Waals surface area contributed by atoms with E-state index >= 15 is 0 Å². The minimum atomic E-state index is -4.49. The Balaban J connectivity index is 2.77. The van der Waals surface area contributed by atoms with Gasteiger partial charge < -0.3 is 0 Å². The van der Waals surface area contributed by atoms with Crippen molar-refractivity contribution in [2.24, 2.45) is 0 Å². The van der Waals surface area contributed by atoms with Gasteiger partial charge in [0.1, 0.15) is 12.1 Å². The Morgan fingerprint density at radius 1 is 1.53 bits per heavy atom. The fourth-order valence-electron chi connectivity index (χ4n) is 1.12. The number of nitrogens with zero attached hydrogens (tertiary/aromatic N) is 3. The molecule has 1 heterocycles. The molecule has 4 nitrogen and oxygen atoms in total. The Bertz CT molecular complexity index is 345. The van der Waals surface area contributed by atoms with Crippen molar-refractivity contribution in [3.05, 3.63) is 11.9 Å². The Morgan fingerprint density at radius 3 is 2.73 bits per heavy atom. The minimum Gasteiger partial charge on any atom is -0.292 e. The summed E-state index contributed by atoms with van der Waals surface area (Å²) in [6.07, 6.45) is -4.22. The quantitative estimate of drug-likeness (QED) is 0.728. The normalized spacial score (nSPS) is 11.7. The highest BCUT2D eigenvalue weighted by atomic mass is 19.4. The molecule has 1 aromatic rings. The van der Waals surface area contributed by atoms with Crippen LogP contribution in [0.4, 0.5) is 13.2 Å². The zero-order valence-corrected chi connectivity index (χ0v) is 8.08. The highest BCUT2D eigenvalue weighted by Crippen LogP contribution is 2.21. The maximum absolute atomic E-state index is 11.9. The number of hydrogen-bond donors (Lipinski definition) is 0. The first-order valence-corrected chi connectivity index (χ1v) is 4.42. The maximum atomic E-state index is 11.9. The van der Waals surface area contributed by atoms with Crippen molar-refractivity contribution in [3.8, 4) is 0 Å². The smallest absolute Gasteiger partial charge is 0.292 e. The number of Topliss-reactive ketones (excluding diaryl/α,β-unsaturated/α-hetero) is 1. The number of aromatic nitrogens is 3. The molecule has 0 fully saturated rings. The van der Waals surface area contributed by atoms with Gasteiger partial charge in [-0.15, -0.1) is 5.10 Å². The minimum absolute atomic E-state index is 0.0887. The van der Waals surface area contributed by atoms with E-state index in [0.29, 0.717) is 13.0 Å². The Morgan fingerprint density at radius 2 is 2.20 bits per heavy atom. The average molecular weight is 221 g/mol. The van der Waals surface area contributed by atoms with Gasteiger partial charge >= 0.3 is 6.18 Å². The molecule has 0 aliphatic heterocycles. The molecule has 84 valence electrons. The number of aryl methyl sites for hydroxylation is 1. The van der Waals surface area contributed by atoms with Crippen molar-refractivity contribution < 1.29 is 18.0 Å². The van der Waals surface area contributed by atoms with Crippen LogP contribution in [0.3, 0.4) is 0 Å². The van der Waals surface area contributed by atoms with Gasteiger partial charge in [-0.2, -0.15) is 13.2 Å². The summed E-state index contributed by atoms with van der Waals surface area (Å²) in [4.78, 5) is 11.2. The van der Waals surface area contributed by atoms with Gasteiger partial charge in [-0.25, -0.2) is 4.68 Å². The van der Waals surface area contributed by atoms with Gasteiger partial charge in [0.15, 0.2) is 5.78 Å². The molecule has 0 saturated heterocycles. The monoisotopic (exact) mass is 221 g/mol. The summed E-state index contributed by atoms with van der Waals surface area (Å²) in [7, 11) is 0. The third kappa shape index (κ3) is 3.34. The molecule has 0 amide bonds. The van der Waals surface area contributed by atoms with Gasteiger partial charge in [0, 0.05) is 6.54 Å². The van der Waals surface area contributed by atoms with Crippen molar-refractivity contribution in [2.75, 3.05) is 0 Å². The van der Waals surface area contributed by atoms with Gasteiger partial charge in [0.25, 0.3) is 0 Å². The number of carbonyl (C=O) groups is 1. The van der Waals surface area contributed by atoms with E-state index < -0.39 is 18.4 Å². The van der Waals surface area contributed by atoms with Gasteiger partial charge in [-0.1, -0.05) is 12.1 Å². The molecule has 0 aliphatic rings. The number of carbonyl (C=O) groups excluding carboxylic acids is 1. The SMILES string of the molecule is CCCn1nncc1C(=O)CC(F)(F)F. The van der Waals surface area contributed by atoms with E-state index in [4.69, 9.17) is 0 Å². The van der Waals surface area contributed by atoms with E-state index in [1.807, 2.05) is 6.92 Å². The molecule has 0 bridgehead atoms. The summed E-state index contributed by atoms with van der Waals surface area (Å²) in [6.45, 7) is 2.22. The number of halogens is 3. The number of rotatable bonds is 4. The zero-order valence-electron chi connectivity index (χ0n) is 8.08. The molecular formula is C8H10F3N3O. The molecule has 0 atom stereocenters. The van der Waals surface area contributed by atoms with Crippen LogP contribution >= 0.6 is 0 Å². The first-order valence-electron chi connectivity index (χ1n) is 4.42. The van der Waals surface area contributed by atoms with Gasteiger partial charge in [0.05, 0.1) is 6.20 Å². The predicted molar refractivity (Wildman–Crippen MR) is 45.3 cm³/mol. The van der Waals surface area contributed by atoms with Crippen LogP contribution in [0.15, 0.2) is 6.20 Å². The van der Waals surface area contributed by atoms with Crippen molar-refractivity contribution in [1.82, 2.24) is 15.0 Å². The molecular weight excluding hydrogens is 211 g/mol. The topological polar surface area (TPSA) is 47.8 Å². The second kappa shape index (κ2) is 4.41. The van der Waals surface area contributed by atoms with Gasteiger partial charge in [-0.05, 0) is 6.42 Å². The van der Waals surface area contributed by atoms with Crippen LogP contribution in [-0.2, 0) is 6.54 Å². The lowest BCUT2D eigenvalue weighted by Gasteiger charge is -2.06. The van der Waals surface area contributed by atoms with Gasteiger partial charge in [-0.3, -0.25) is 4.79 Å². The second-order valence-corrected chi connectivity index (χ2v) is 3.06. The molecule has 15 heavy (non-hydrogen) atoms. The summed E-state index contributed by atoms with van der Waals surface area (Å²) in [6, 6.07) is 0. The molecule has 1 aromatic heterocycles. The Labute approximate surface area is 84.1 Å². The Kier molecular flexibility index (Phi) is 3.43. The largest absolute Gasteiger partial charge is 0.396 e. The number of alkyl halides is 3. The average Bonchev–Trinajstić information content (AvgIpc) is 2.49. The molecule has 0 N–H and O–H groups in total. The fourth-order valence-corrected chi connectivity index (χ4v) is 1.12. The van der Waals surface area contributed by atoms with Crippen molar-refractivity contribution >= 4 is 5.78 Å². The number of ketones is 1. The van der Waals surface area contributed by atoms with Crippen molar-refractivity contribution in [1.29, 1.82) is 0 Å². The van der Waals surface area contributed by atoms with E-state index in [0.717, 1.165) is 6.20 Å². The van der Waals surface area contributed by atoms with Crippen LogP contribution in [0.1, 0.15) is 30.3 Å². The van der Waals surface area contributed by atoms with E-state index in [9.17, 15) is 18.0 Å². The van der Waals surface area contributed by atoms with Crippen LogP contribution in [0, 0.1) is 0 Å². The zero-order chi connectivity index (χ0) is 11.5. The summed E-state index contributed by atoms with van der Waals surface area (Å²) in [5.74, 6) is -0.999. The van der Waals surface area contributed by atoms with Crippen molar-refractivity contribution in [2.45, 2.75) is 32.5 Å². The third-order valence-electron chi connectivity index (χ3n) is 1.70. The highest BCUT2D eigenvalue weighted by Gasteiger charge is 2.32. The van der Waals surface area contributed by atoms with Crippen LogP contribution in [-0.4, -0.2) is 27.0 Å². The second-order valence-electron chi connectivity index (χ2n) is 3.06.